The highest BCUT2D eigenvalue weighted by Crippen LogP contribution is 2.26. The van der Waals surface area contributed by atoms with Crippen LogP contribution in [0.1, 0.15) is 92.6 Å². The number of aliphatic hydroxyl groups is 3. The number of hydrogen-bond acceptors (Lipinski definition) is 8. The molecule has 0 aliphatic carbocycles. The van der Waals surface area contributed by atoms with Crippen molar-refractivity contribution in [1.82, 2.24) is 5.32 Å². The zero-order valence-corrected chi connectivity index (χ0v) is 29.7. The van der Waals surface area contributed by atoms with Crippen LogP contribution in [0.15, 0.2) is 115 Å². The van der Waals surface area contributed by atoms with Crippen LogP contribution in [-0.4, -0.2) is 70.2 Å². The molecule has 3 unspecified atom stereocenters. The summed E-state index contributed by atoms with van der Waals surface area (Å²) >= 11 is 0. The second-order valence-electron chi connectivity index (χ2n) is 12.4. The number of carbonyl (C=O) groups excluding carboxylic acids is 3. The van der Waals surface area contributed by atoms with E-state index in [0.29, 0.717) is 29.5 Å². The molecule has 2 aromatic carbocycles. The first-order valence-corrected chi connectivity index (χ1v) is 17.8. The fraction of sp³-hybridized carbons (Fsp3) is 0.405. The molecule has 4 N–H and O–H groups in total. The number of allylic oxidation sites excluding steroid dienone is 10. The summed E-state index contributed by atoms with van der Waals surface area (Å²) in [5.41, 5.74) is 1.44. The molecular formula is C42H53NO8. The summed E-state index contributed by atoms with van der Waals surface area (Å²) in [6.07, 6.45) is 21.4. The topological polar surface area (TPSA) is 142 Å². The molecule has 1 amide bonds. The van der Waals surface area contributed by atoms with Gasteiger partial charge in [-0.1, -0.05) is 116 Å². The molecule has 1 fully saturated rings. The van der Waals surface area contributed by atoms with Crippen molar-refractivity contribution in [1.29, 1.82) is 0 Å². The lowest BCUT2D eigenvalue weighted by Crippen LogP contribution is -2.65. The summed E-state index contributed by atoms with van der Waals surface area (Å²) in [5.74, 6) is -2.18. The van der Waals surface area contributed by atoms with Crippen molar-refractivity contribution in [2.24, 2.45) is 0 Å². The average Bonchev–Trinajstić information content (AvgIpc) is 3.15. The van der Waals surface area contributed by atoms with Gasteiger partial charge in [0.15, 0.2) is 5.78 Å². The van der Waals surface area contributed by atoms with E-state index in [-0.39, 0.29) is 12.2 Å². The van der Waals surface area contributed by atoms with E-state index < -0.39 is 55.0 Å². The van der Waals surface area contributed by atoms with E-state index in [2.05, 4.69) is 60.8 Å². The molecule has 1 aliphatic heterocycles. The Hall–Kier alpha value is -4.41. The minimum atomic E-state index is -1.56. The predicted octanol–water partition coefficient (Wildman–Crippen LogP) is 6.41. The highest BCUT2D eigenvalue weighted by atomic mass is 16.7. The number of carbonyl (C=O) groups is 3. The predicted molar refractivity (Wildman–Crippen MR) is 199 cm³/mol. The van der Waals surface area contributed by atoms with Gasteiger partial charge in [-0.25, -0.2) is 0 Å². The molecule has 0 spiro atoms. The number of ether oxygens (including phenoxy) is 2. The number of ketones is 1. The van der Waals surface area contributed by atoms with Crippen molar-refractivity contribution < 1.29 is 39.2 Å². The number of hydrogen-bond donors (Lipinski definition) is 4. The molecule has 2 aromatic rings. The molecule has 0 aromatic heterocycles. The molecule has 0 saturated carbocycles. The Labute approximate surface area is 302 Å². The van der Waals surface area contributed by atoms with E-state index in [0.717, 1.165) is 32.1 Å². The van der Waals surface area contributed by atoms with E-state index >= 15 is 0 Å². The zero-order valence-electron chi connectivity index (χ0n) is 29.7. The highest BCUT2D eigenvalue weighted by molar-refractivity contribution is 6.09. The molecule has 0 bridgehead atoms. The summed E-state index contributed by atoms with van der Waals surface area (Å²) in [7, 11) is 0. The Bertz CT molecular complexity index is 1510. The number of benzene rings is 2. The molecule has 3 rings (SSSR count). The van der Waals surface area contributed by atoms with Gasteiger partial charge in [0.2, 0.25) is 12.2 Å². The minimum Gasteiger partial charge on any atom is -0.433 e. The van der Waals surface area contributed by atoms with Crippen molar-refractivity contribution in [3.05, 3.63) is 132 Å². The quantitative estimate of drug-likeness (QED) is 0.0538. The Kier molecular flexibility index (Phi) is 18.6. The Balaban J connectivity index is 1.47. The van der Waals surface area contributed by atoms with Gasteiger partial charge < -0.3 is 30.1 Å². The molecule has 6 atom stereocenters. The van der Waals surface area contributed by atoms with E-state index in [1.165, 1.54) is 0 Å². The Morgan fingerprint density at radius 3 is 2.00 bits per heavy atom. The molecule has 274 valence electrons. The van der Waals surface area contributed by atoms with Gasteiger partial charge in [0.05, 0.1) is 12.5 Å². The maximum absolute atomic E-state index is 13.3. The molecule has 9 heteroatoms. The van der Waals surface area contributed by atoms with Crippen LogP contribution in [-0.2, 0) is 19.1 Å². The summed E-state index contributed by atoms with van der Waals surface area (Å²) in [6.45, 7) is 3.09. The fourth-order valence-corrected chi connectivity index (χ4v) is 5.40. The zero-order chi connectivity index (χ0) is 36.8. The first-order valence-electron chi connectivity index (χ1n) is 17.8. The smallest absolute Gasteiger partial charge is 0.315 e. The number of amides is 1. The van der Waals surface area contributed by atoms with Crippen LogP contribution in [0.4, 0.5) is 0 Å². The number of rotatable bonds is 20. The third kappa shape index (κ3) is 14.0. The second kappa shape index (κ2) is 23.1. The third-order valence-electron chi connectivity index (χ3n) is 8.41. The van der Waals surface area contributed by atoms with Gasteiger partial charge in [0, 0.05) is 17.5 Å². The van der Waals surface area contributed by atoms with Crippen LogP contribution >= 0.6 is 0 Å². The first kappa shape index (κ1) is 41.0. The lowest BCUT2D eigenvalue weighted by atomic mass is 9.95. The lowest BCUT2D eigenvalue weighted by Gasteiger charge is -2.42. The number of aliphatic hydroxyl groups excluding tert-OH is 3. The van der Waals surface area contributed by atoms with Crippen LogP contribution in [0.3, 0.4) is 0 Å². The van der Waals surface area contributed by atoms with Crippen LogP contribution in [0.5, 0.6) is 0 Å². The van der Waals surface area contributed by atoms with Gasteiger partial charge in [0.1, 0.15) is 24.4 Å². The Morgan fingerprint density at radius 2 is 1.39 bits per heavy atom. The van der Waals surface area contributed by atoms with Crippen LogP contribution in [0.25, 0.3) is 0 Å². The average molecular weight is 700 g/mol. The van der Waals surface area contributed by atoms with Gasteiger partial charge >= 0.3 is 5.97 Å². The van der Waals surface area contributed by atoms with Crippen LogP contribution in [0.2, 0.25) is 0 Å². The fourth-order valence-electron chi connectivity index (χ4n) is 5.40. The van der Waals surface area contributed by atoms with Crippen molar-refractivity contribution in [3.63, 3.8) is 0 Å². The lowest BCUT2D eigenvalue weighted by molar-refractivity contribution is -0.264. The van der Waals surface area contributed by atoms with Crippen LogP contribution < -0.4 is 5.32 Å². The SMILES string of the molecule is CCC=CCC=CCC=CCC=CCC=CCCCC(=O)NC1[C@H](OC(=O)C(C)c2cccc(C(=O)c3ccccc3)c2)OC(CO)[C@@H](O)[C@@H]1O. The molecule has 0 radical (unpaired) electrons. The minimum absolute atomic E-state index is 0.135. The summed E-state index contributed by atoms with van der Waals surface area (Å²) in [4.78, 5) is 39.1. The van der Waals surface area contributed by atoms with Crippen LogP contribution in [0, 0.1) is 0 Å². The van der Waals surface area contributed by atoms with Gasteiger partial charge in [0.25, 0.3) is 0 Å². The van der Waals surface area contributed by atoms with E-state index in [1.54, 1.807) is 55.5 Å². The van der Waals surface area contributed by atoms with Gasteiger partial charge in [-0.05, 0) is 63.5 Å². The van der Waals surface area contributed by atoms with Crippen molar-refractivity contribution >= 4 is 17.7 Å². The van der Waals surface area contributed by atoms with Crippen molar-refractivity contribution in [3.8, 4) is 0 Å². The normalized spacial score (nSPS) is 21.6. The van der Waals surface area contributed by atoms with E-state index in [1.807, 2.05) is 18.2 Å². The molecule has 9 nitrogen and oxygen atoms in total. The largest absolute Gasteiger partial charge is 0.433 e. The maximum atomic E-state index is 13.3. The summed E-state index contributed by atoms with van der Waals surface area (Å²) in [6, 6.07) is 14.2. The summed E-state index contributed by atoms with van der Waals surface area (Å²) in [5, 5.41) is 33.7. The Morgan fingerprint density at radius 1 is 0.804 bits per heavy atom. The number of unbranched alkanes of at least 4 members (excludes halogenated alkanes) is 1. The molecule has 1 saturated heterocycles. The molecule has 51 heavy (non-hydrogen) atoms. The molecular weight excluding hydrogens is 646 g/mol. The number of esters is 1. The summed E-state index contributed by atoms with van der Waals surface area (Å²) < 4.78 is 11.3. The molecule has 1 heterocycles. The second-order valence-corrected chi connectivity index (χ2v) is 12.4. The molecule has 1 aliphatic rings. The van der Waals surface area contributed by atoms with Gasteiger partial charge in [-0.3, -0.25) is 14.4 Å². The monoisotopic (exact) mass is 699 g/mol. The first-order chi connectivity index (χ1) is 24.8. The third-order valence-corrected chi connectivity index (χ3v) is 8.41. The van der Waals surface area contributed by atoms with E-state index in [9.17, 15) is 29.7 Å². The van der Waals surface area contributed by atoms with Gasteiger partial charge in [-0.15, -0.1) is 0 Å². The number of nitrogens with one attached hydrogen (secondary N) is 1. The van der Waals surface area contributed by atoms with Crippen molar-refractivity contribution in [2.45, 2.75) is 102 Å². The van der Waals surface area contributed by atoms with Crippen molar-refractivity contribution in [2.75, 3.05) is 6.61 Å². The maximum Gasteiger partial charge on any atom is 0.315 e. The highest BCUT2D eigenvalue weighted by Gasteiger charge is 2.47. The standard InChI is InChI=1S/C42H53NO8/c1-3-4-5-6-7-8-9-10-11-12-13-14-15-16-17-18-22-28-36(45)43-37-40(48)39(47)35(30-44)50-42(37)51-41(49)31(2)33-26-23-27-34(29-33)38(46)32-24-20-19-21-25-32/h4-5,7-8,10-11,13-14,16-17,19-21,23-27,29,31,35,37,39-40,42,44,47-48H,3,6,9,12,15,18,22,28,30H2,1-2H3,(H,43,45)/t31?,35?,37?,39-,40-,42+/m1/s1. The van der Waals surface area contributed by atoms with E-state index in [4.69, 9.17) is 9.47 Å². The van der Waals surface area contributed by atoms with Gasteiger partial charge in [-0.2, -0.15) is 0 Å².